The first-order valence-corrected chi connectivity index (χ1v) is 6.04. The summed E-state index contributed by atoms with van der Waals surface area (Å²) in [6.45, 7) is 5.39. The molecular formula is C12H21N3O2. The second kappa shape index (κ2) is 7.06. The van der Waals surface area contributed by atoms with E-state index >= 15 is 0 Å². The molecule has 1 aliphatic rings. The quantitative estimate of drug-likeness (QED) is 0.642. The number of nitrogens with zero attached hydrogens (tertiary/aromatic N) is 1. The molecule has 0 aromatic carbocycles. The molecule has 0 saturated carbocycles. The Hall–Kier alpha value is -1.36. The van der Waals surface area contributed by atoms with Gasteiger partial charge in [0.1, 0.15) is 0 Å². The molecule has 0 aliphatic carbocycles. The summed E-state index contributed by atoms with van der Waals surface area (Å²) < 4.78 is 0. The van der Waals surface area contributed by atoms with Gasteiger partial charge in [-0.25, -0.2) is 0 Å². The number of allylic oxidation sites excluding steroid dienone is 1. The molecule has 0 aromatic heterocycles. The summed E-state index contributed by atoms with van der Waals surface area (Å²) in [6, 6.07) is 0.140. The molecule has 0 radical (unpaired) electrons. The van der Waals surface area contributed by atoms with Crippen LogP contribution in [0.4, 0.5) is 0 Å². The van der Waals surface area contributed by atoms with Crippen LogP contribution in [0.5, 0.6) is 0 Å². The number of hydrogen-bond donors (Lipinski definition) is 2. The molecule has 0 unspecified atom stereocenters. The van der Waals surface area contributed by atoms with Crippen LogP contribution in [0.25, 0.3) is 0 Å². The topological polar surface area (TPSA) is 75.4 Å². The third-order valence-electron chi connectivity index (χ3n) is 2.96. The highest BCUT2D eigenvalue weighted by atomic mass is 16.2. The maximum absolute atomic E-state index is 12.0. The van der Waals surface area contributed by atoms with Crippen molar-refractivity contribution in [2.24, 2.45) is 5.73 Å². The van der Waals surface area contributed by atoms with Crippen LogP contribution in [-0.2, 0) is 9.59 Å². The Balaban J connectivity index is 2.60. The normalized spacial score (nSPS) is 16.5. The molecule has 0 atom stereocenters. The Kier molecular flexibility index (Phi) is 5.69. The highest BCUT2D eigenvalue weighted by molar-refractivity contribution is 5.84. The molecule has 3 N–H and O–H groups in total. The maximum Gasteiger partial charge on any atom is 0.237 e. The molecular weight excluding hydrogens is 218 g/mol. The van der Waals surface area contributed by atoms with Crippen LogP contribution in [-0.4, -0.2) is 42.4 Å². The molecule has 0 bridgehead atoms. The fourth-order valence-corrected chi connectivity index (χ4v) is 2.08. The minimum atomic E-state index is -0.449. The van der Waals surface area contributed by atoms with Gasteiger partial charge in [0.25, 0.3) is 0 Å². The van der Waals surface area contributed by atoms with E-state index < -0.39 is 5.91 Å². The number of nitrogens with two attached hydrogens (primary N) is 1. The molecule has 0 aromatic rings. The van der Waals surface area contributed by atoms with Gasteiger partial charge < -0.3 is 16.0 Å². The fourth-order valence-electron chi connectivity index (χ4n) is 2.08. The van der Waals surface area contributed by atoms with Crippen LogP contribution in [0.15, 0.2) is 12.7 Å². The summed E-state index contributed by atoms with van der Waals surface area (Å²) in [6.07, 6.45) is 4.52. The molecule has 5 nitrogen and oxygen atoms in total. The Morgan fingerprint density at radius 3 is 2.59 bits per heavy atom. The molecule has 5 heteroatoms. The smallest absolute Gasteiger partial charge is 0.237 e. The highest BCUT2D eigenvalue weighted by Crippen LogP contribution is 2.13. The summed E-state index contributed by atoms with van der Waals surface area (Å²) in [5.41, 5.74) is 5.20. The lowest BCUT2D eigenvalue weighted by molar-refractivity contribution is -0.138. The molecule has 1 saturated heterocycles. The van der Waals surface area contributed by atoms with Gasteiger partial charge in [-0.3, -0.25) is 9.59 Å². The van der Waals surface area contributed by atoms with Crippen molar-refractivity contribution >= 4 is 11.8 Å². The van der Waals surface area contributed by atoms with Crippen LogP contribution in [0.2, 0.25) is 0 Å². The Morgan fingerprint density at radius 1 is 1.41 bits per heavy atom. The average molecular weight is 239 g/mol. The van der Waals surface area contributed by atoms with Gasteiger partial charge in [-0.15, -0.1) is 6.58 Å². The lowest BCUT2D eigenvalue weighted by Crippen LogP contribution is -2.49. The van der Waals surface area contributed by atoms with Gasteiger partial charge in [-0.1, -0.05) is 6.08 Å². The maximum atomic E-state index is 12.0. The van der Waals surface area contributed by atoms with Gasteiger partial charge in [-0.05, 0) is 32.4 Å². The van der Waals surface area contributed by atoms with Crippen molar-refractivity contribution in [3.05, 3.63) is 12.7 Å². The molecule has 96 valence electrons. The molecule has 0 spiro atoms. The SMILES string of the molecule is C=CCCC(=O)N(CC(N)=O)C1CCNCC1. The van der Waals surface area contributed by atoms with Crippen molar-refractivity contribution in [2.45, 2.75) is 31.7 Å². The minimum absolute atomic E-state index is 0.00407. The largest absolute Gasteiger partial charge is 0.368 e. The molecule has 1 aliphatic heterocycles. The van der Waals surface area contributed by atoms with Gasteiger partial charge >= 0.3 is 0 Å². The Bertz CT molecular complexity index is 285. The number of carbonyl (C=O) groups excluding carboxylic acids is 2. The van der Waals surface area contributed by atoms with E-state index in [1.54, 1.807) is 11.0 Å². The number of primary amides is 1. The van der Waals surface area contributed by atoms with Crippen LogP contribution in [0, 0.1) is 0 Å². The van der Waals surface area contributed by atoms with E-state index in [1.807, 2.05) is 0 Å². The molecule has 2 amide bonds. The van der Waals surface area contributed by atoms with Crippen LogP contribution < -0.4 is 11.1 Å². The third-order valence-corrected chi connectivity index (χ3v) is 2.96. The highest BCUT2D eigenvalue weighted by Gasteiger charge is 2.25. The zero-order chi connectivity index (χ0) is 12.7. The number of nitrogens with one attached hydrogen (secondary N) is 1. The monoisotopic (exact) mass is 239 g/mol. The van der Waals surface area contributed by atoms with E-state index in [4.69, 9.17) is 5.73 Å². The van der Waals surface area contributed by atoms with Crippen molar-refractivity contribution in [1.82, 2.24) is 10.2 Å². The van der Waals surface area contributed by atoms with Crippen molar-refractivity contribution in [3.63, 3.8) is 0 Å². The average Bonchev–Trinajstić information content (AvgIpc) is 2.34. The Morgan fingerprint density at radius 2 is 2.06 bits per heavy atom. The van der Waals surface area contributed by atoms with E-state index in [-0.39, 0.29) is 18.5 Å². The zero-order valence-corrected chi connectivity index (χ0v) is 10.2. The van der Waals surface area contributed by atoms with Gasteiger partial charge in [0.15, 0.2) is 0 Å². The number of piperidine rings is 1. The fraction of sp³-hybridized carbons (Fsp3) is 0.667. The van der Waals surface area contributed by atoms with Crippen LogP contribution >= 0.6 is 0 Å². The van der Waals surface area contributed by atoms with Gasteiger partial charge in [-0.2, -0.15) is 0 Å². The standard InChI is InChI=1S/C12H21N3O2/c1-2-3-4-12(17)15(9-11(13)16)10-5-7-14-8-6-10/h2,10,14H,1,3-9H2,(H2,13,16). The van der Waals surface area contributed by atoms with Gasteiger partial charge in [0, 0.05) is 12.5 Å². The third kappa shape index (κ3) is 4.56. The predicted octanol–water partition coefficient (Wildman–Crippen LogP) is 0.0185. The lowest BCUT2D eigenvalue weighted by Gasteiger charge is -2.34. The molecule has 1 heterocycles. The number of rotatable bonds is 6. The van der Waals surface area contributed by atoms with E-state index in [2.05, 4.69) is 11.9 Å². The van der Waals surface area contributed by atoms with Crippen molar-refractivity contribution in [3.8, 4) is 0 Å². The summed E-state index contributed by atoms with van der Waals surface area (Å²) in [4.78, 5) is 24.6. The van der Waals surface area contributed by atoms with E-state index in [1.165, 1.54) is 0 Å². The minimum Gasteiger partial charge on any atom is -0.368 e. The zero-order valence-electron chi connectivity index (χ0n) is 10.2. The molecule has 1 fully saturated rings. The second-order valence-electron chi connectivity index (χ2n) is 4.30. The van der Waals surface area contributed by atoms with Crippen molar-refractivity contribution in [2.75, 3.05) is 19.6 Å². The summed E-state index contributed by atoms with van der Waals surface area (Å²) >= 11 is 0. The summed E-state index contributed by atoms with van der Waals surface area (Å²) in [7, 11) is 0. The first kappa shape index (κ1) is 13.7. The summed E-state index contributed by atoms with van der Waals surface area (Å²) in [5, 5.41) is 3.23. The lowest BCUT2D eigenvalue weighted by atomic mass is 10.0. The Labute approximate surface area is 102 Å². The van der Waals surface area contributed by atoms with Crippen LogP contribution in [0.3, 0.4) is 0 Å². The van der Waals surface area contributed by atoms with Crippen LogP contribution in [0.1, 0.15) is 25.7 Å². The van der Waals surface area contributed by atoms with Crippen molar-refractivity contribution in [1.29, 1.82) is 0 Å². The molecule has 17 heavy (non-hydrogen) atoms. The number of hydrogen-bond acceptors (Lipinski definition) is 3. The molecule has 1 rings (SSSR count). The van der Waals surface area contributed by atoms with Gasteiger partial charge in [0.05, 0.1) is 6.54 Å². The number of carbonyl (C=O) groups is 2. The van der Waals surface area contributed by atoms with E-state index in [0.29, 0.717) is 12.8 Å². The second-order valence-corrected chi connectivity index (χ2v) is 4.30. The summed E-state index contributed by atoms with van der Waals surface area (Å²) in [5.74, 6) is -0.453. The van der Waals surface area contributed by atoms with E-state index in [0.717, 1.165) is 25.9 Å². The first-order chi connectivity index (χ1) is 8.15. The predicted molar refractivity (Wildman–Crippen MR) is 66.2 cm³/mol. The number of amides is 2. The van der Waals surface area contributed by atoms with E-state index in [9.17, 15) is 9.59 Å². The first-order valence-electron chi connectivity index (χ1n) is 6.04. The van der Waals surface area contributed by atoms with Crippen molar-refractivity contribution < 1.29 is 9.59 Å². The van der Waals surface area contributed by atoms with Gasteiger partial charge in [0.2, 0.25) is 11.8 Å².